The van der Waals surface area contributed by atoms with Gasteiger partial charge in [-0.25, -0.2) is 0 Å². The van der Waals surface area contributed by atoms with Gasteiger partial charge in [0, 0.05) is 77.0 Å². The van der Waals surface area contributed by atoms with Gasteiger partial charge in [0.15, 0.2) is 0 Å². The fourth-order valence-electron chi connectivity index (χ4n) is 10.9. The van der Waals surface area contributed by atoms with Crippen LogP contribution < -0.4 is 59.7 Å². The zero-order valence-electron chi connectivity index (χ0n) is 48.9. The number of hydrogen-bond acceptors (Lipinski definition) is 11. The number of primary amides is 1. The molecule has 17 N–H and O–H groups in total. The van der Waals surface area contributed by atoms with Gasteiger partial charge in [-0.1, -0.05) is 82.3 Å². The summed E-state index contributed by atoms with van der Waals surface area (Å²) >= 11 is 0. The summed E-state index contributed by atoms with van der Waals surface area (Å²) in [5.74, 6) is -7.29. The Labute approximate surface area is 494 Å². The molecule has 7 rings (SSSR count). The van der Waals surface area contributed by atoms with Crippen LogP contribution >= 0.6 is 0 Å². The monoisotopic (exact) mass is 1170 g/mol. The van der Waals surface area contributed by atoms with Crippen molar-refractivity contribution in [2.24, 2.45) is 29.0 Å². The minimum absolute atomic E-state index is 0.0320. The van der Waals surface area contributed by atoms with Gasteiger partial charge in [0.2, 0.25) is 53.2 Å². The lowest BCUT2D eigenvalue weighted by Gasteiger charge is -2.30. The van der Waals surface area contributed by atoms with Gasteiger partial charge in [-0.15, -0.1) is 0 Å². The molecule has 1 aliphatic rings. The molecular weight excluding hydrogens is 1080 g/mol. The van der Waals surface area contributed by atoms with Crippen molar-refractivity contribution in [1.29, 1.82) is 0 Å². The van der Waals surface area contributed by atoms with Crippen molar-refractivity contribution in [3.05, 3.63) is 108 Å². The molecule has 0 bridgehead atoms. The summed E-state index contributed by atoms with van der Waals surface area (Å²) in [6.07, 6.45) is 6.15. The van der Waals surface area contributed by atoms with E-state index in [1.807, 2.05) is 100 Å². The molecular formula is C62H84N14O9. The van der Waals surface area contributed by atoms with Gasteiger partial charge in [0.05, 0.1) is 0 Å². The number of nitrogens with two attached hydrogens (primary N) is 3. The quantitative estimate of drug-likeness (QED) is 0.0465. The highest BCUT2D eigenvalue weighted by molar-refractivity contribution is 6.00. The highest BCUT2D eigenvalue weighted by Gasteiger charge is 2.37. The summed E-state index contributed by atoms with van der Waals surface area (Å²) in [4.78, 5) is 141. The smallest absolute Gasteiger partial charge is 0.243 e. The van der Waals surface area contributed by atoms with Crippen molar-refractivity contribution < 1.29 is 43.2 Å². The summed E-state index contributed by atoms with van der Waals surface area (Å²) in [5, 5.41) is 25.1. The molecule has 1 fully saturated rings. The second-order valence-electron chi connectivity index (χ2n) is 23.0. The normalized spacial score (nSPS) is 22.1. The molecule has 0 spiro atoms. The second-order valence-corrected chi connectivity index (χ2v) is 23.0. The van der Waals surface area contributed by atoms with Gasteiger partial charge in [0.1, 0.15) is 48.3 Å². The minimum Gasteiger partial charge on any atom is -0.370 e. The average Bonchev–Trinajstić information content (AvgIpc) is 3.13. The fraction of sp³-hybridized carbons (Fsp3) is 0.468. The molecule has 6 aromatic rings. The molecule has 1 aliphatic heterocycles. The fourth-order valence-corrected chi connectivity index (χ4v) is 10.9. The van der Waals surface area contributed by atoms with Crippen molar-refractivity contribution in [2.45, 2.75) is 160 Å². The predicted octanol–water partition coefficient (Wildman–Crippen LogP) is 2.67. The molecule has 0 aliphatic carbocycles. The van der Waals surface area contributed by atoms with Crippen molar-refractivity contribution in [3.8, 4) is 0 Å². The number of hydrogen-bond donors (Lipinski definition) is 14. The number of carbonyl (C=O) groups excluding carboxylic acids is 9. The number of H-pyrrole nitrogens is 3. The van der Waals surface area contributed by atoms with E-state index in [1.54, 1.807) is 18.6 Å². The van der Waals surface area contributed by atoms with E-state index in [0.29, 0.717) is 42.4 Å². The van der Waals surface area contributed by atoms with Gasteiger partial charge >= 0.3 is 0 Å². The van der Waals surface area contributed by atoms with E-state index in [4.69, 9.17) is 17.2 Å². The van der Waals surface area contributed by atoms with Crippen LogP contribution in [0.4, 0.5) is 0 Å². The first-order chi connectivity index (χ1) is 40.8. The van der Waals surface area contributed by atoms with E-state index >= 15 is 14.4 Å². The molecule has 3 aromatic carbocycles. The molecule has 0 radical (unpaired) electrons. The first-order valence-electron chi connectivity index (χ1n) is 29.6. The van der Waals surface area contributed by atoms with Crippen LogP contribution in [0.25, 0.3) is 32.7 Å². The van der Waals surface area contributed by atoms with Crippen molar-refractivity contribution in [3.63, 3.8) is 0 Å². The maximum absolute atomic E-state index is 15.1. The zero-order chi connectivity index (χ0) is 61.2. The van der Waals surface area contributed by atoms with Crippen LogP contribution in [0.5, 0.6) is 0 Å². The molecule has 85 heavy (non-hydrogen) atoms. The van der Waals surface area contributed by atoms with E-state index in [-0.39, 0.29) is 82.7 Å². The number of aromatic amines is 3. The number of nitrogens with one attached hydrogen (secondary N) is 11. The minimum atomic E-state index is -1.48. The van der Waals surface area contributed by atoms with Crippen LogP contribution in [0.1, 0.15) is 109 Å². The summed E-state index contributed by atoms with van der Waals surface area (Å²) < 4.78 is 0. The maximum atomic E-state index is 15.1. The SMILES string of the molecule is CC(C)C[C@H]1NC(=O)[C@H](Cc2c[nH]c3ccccc23)NC(=O)[C@@H](CCCCN)NC(=O)[C@H](CCC(N)=O)NC(=O)[C@@H](CCCCN)NC(=O)[C@H](Cc2c[nH]c3ccccc23)NC(=O)[C@@H](CC(C)C)NC(=O)[C@H](Cc2c[nH]c3ccccc23)NC1=O. The van der Waals surface area contributed by atoms with Gasteiger partial charge in [-0.05, 0) is 118 Å². The summed E-state index contributed by atoms with van der Waals surface area (Å²) in [6, 6.07) is 11.5. The van der Waals surface area contributed by atoms with Gasteiger partial charge in [0.25, 0.3) is 0 Å². The van der Waals surface area contributed by atoms with E-state index < -0.39 is 101 Å². The van der Waals surface area contributed by atoms with E-state index in [2.05, 4.69) is 57.5 Å². The zero-order valence-corrected chi connectivity index (χ0v) is 48.9. The number of aromatic nitrogens is 3. The molecule has 8 atom stereocenters. The van der Waals surface area contributed by atoms with Crippen LogP contribution in [0.15, 0.2) is 91.4 Å². The van der Waals surface area contributed by atoms with Gasteiger partial charge in [-0.2, -0.15) is 0 Å². The molecule has 23 nitrogen and oxygen atoms in total. The van der Waals surface area contributed by atoms with Crippen LogP contribution in [-0.4, -0.2) is 130 Å². The van der Waals surface area contributed by atoms with Crippen molar-refractivity contribution >= 4 is 85.9 Å². The lowest BCUT2D eigenvalue weighted by atomic mass is 9.98. The Morgan fingerprint density at radius 2 is 0.659 bits per heavy atom. The molecule has 4 heterocycles. The Kier molecular flexibility index (Phi) is 23.2. The van der Waals surface area contributed by atoms with Crippen LogP contribution in [0.2, 0.25) is 0 Å². The third-order valence-electron chi connectivity index (χ3n) is 15.3. The number of fused-ring (bicyclic) bond motifs is 3. The Morgan fingerprint density at radius 3 is 0.965 bits per heavy atom. The highest BCUT2D eigenvalue weighted by Crippen LogP contribution is 2.24. The maximum Gasteiger partial charge on any atom is 0.243 e. The number of carbonyl (C=O) groups is 9. The standard InChI is InChI=1S/C62H84N14O9/c1-35(2)27-49-58(81)75-51(29-37-32-66-43-18-8-5-15-40(37)43)60(83)70-46(21-11-13-25-63)55(78)71-48(23-24-54(65)77)57(80)69-47(22-12-14-26-64)56(79)74-52(30-38-33-67-44-19-9-6-16-41(38)44)61(84)72-50(28-36(3)4)59(82)76-53(62(85)73-49)31-39-34-68-45-20-10-7-17-42(39)45/h5-10,15-20,32-36,46-53,66-68H,11-14,21-31,63-64H2,1-4H3,(H2,65,77)(H,69,80)(H,70,83)(H,71,78)(H,72,84)(H,73,85)(H,74,79)(H,75,81)(H,76,82)/t46-,47-,48+,49-,50-,51+,52+,53+/m1/s1. The summed E-state index contributed by atoms with van der Waals surface area (Å²) in [7, 11) is 0. The summed E-state index contributed by atoms with van der Waals surface area (Å²) in [5.41, 5.74) is 21.7. The van der Waals surface area contributed by atoms with Crippen molar-refractivity contribution in [1.82, 2.24) is 57.5 Å². The average molecular weight is 1170 g/mol. The predicted molar refractivity (Wildman–Crippen MR) is 325 cm³/mol. The number of benzene rings is 3. The van der Waals surface area contributed by atoms with E-state index in [9.17, 15) is 28.8 Å². The Hall–Kier alpha value is -8.57. The Bertz CT molecular complexity index is 3200. The third-order valence-corrected chi connectivity index (χ3v) is 15.3. The van der Waals surface area contributed by atoms with Gasteiger partial charge in [-0.3, -0.25) is 43.2 Å². The number of para-hydroxylation sites is 3. The van der Waals surface area contributed by atoms with Crippen LogP contribution in [-0.2, 0) is 62.4 Å². The summed E-state index contributed by atoms with van der Waals surface area (Å²) in [6.45, 7) is 7.98. The van der Waals surface area contributed by atoms with E-state index in [1.165, 1.54) is 0 Å². The topological polar surface area (TPSA) is 375 Å². The van der Waals surface area contributed by atoms with Crippen LogP contribution in [0, 0.1) is 11.8 Å². The highest BCUT2D eigenvalue weighted by atomic mass is 16.2. The second kappa shape index (κ2) is 30.8. The largest absolute Gasteiger partial charge is 0.370 e. The lowest BCUT2D eigenvalue weighted by Crippen LogP contribution is -2.62. The molecule has 9 amide bonds. The third kappa shape index (κ3) is 18.0. The first kappa shape index (κ1) is 64.0. The number of unbranched alkanes of at least 4 members (excludes halogenated alkanes) is 2. The lowest BCUT2D eigenvalue weighted by molar-refractivity contribution is -0.137. The molecule has 0 unspecified atom stereocenters. The molecule has 0 saturated carbocycles. The first-order valence-corrected chi connectivity index (χ1v) is 29.6. The molecule has 456 valence electrons. The van der Waals surface area contributed by atoms with Gasteiger partial charge < -0.3 is 74.7 Å². The molecule has 23 heteroatoms. The van der Waals surface area contributed by atoms with Crippen LogP contribution in [0.3, 0.4) is 0 Å². The molecule has 3 aromatic heterocycles. The Balaban J connectivity index is 1.33. The van der Waals surface area contributed by atoms with Crippen molar-refractivity contribution in [2.75, 3.05) is 13.1 Å². The van der Waals surface area contributed by atoms with E-state index in [0.717, 1.165) is 32.7 Å². The Morgan fingerprint density at radius 1 is 0.388 bits per heavy atom. The number of rotatable bonds is 21. The molecule has 1 saturated heterocycles. The number of amides is 9.